The first kappa shape index (κ1) is 25.4. The van der Waals surface area contributed by atoms with Crippen LogP contribution in [-0.4, -0.2) is 36.2 Å². The van der Waals surface area contributed by atoms with E-state index >= 15 is 0 Å². The van der Waals surface area contributed by atoms with Crippen LogP contribution in [-0.2, 0) is 18.9 Å². The van der Waals surface area contributed by atoms with Gasteiger partial charge in [-0.25, -0.2) is 14.7 Å². The Morgan fingerprint density at radius 3 is 2.35 bits per heavy atom. The molecule has 0 saturated heterocycles. The third-order valence-electron chi connectivity index (χ3n) is 5.51. The van der Waals surface area contributed by atoms with Crippen LogP contribution in [0.4, 0.5) is 0 Å². The van der Waals surface area contributed by atoms with E-state index in [4.69, 9.17) is 9.26 Å². The van der Waals surface area contributed by atoms with Crippen molar-refractivity contribution >= 4 is 19.6 Å². The molecular formula is C22H35N2O6P. The zero-order chi connectivity index (χ0) is 23.2. The highest BCUT2D eigenvalue weighted by molar-refractivity contribution is 7.55. The van der Waals surface area contributed by atoms with E-state index in [1.807, 2.05) is 32.0 Å². The topological polar surface area (TPSA) is 114 Å². The molecule has 0 aromatic heterocycles. The molecule has 3 N–H and O–H groups in total. The van der Waals surface area contributed by atoms with Crippen LogP contribution in [0.15, 0.2) is 18.2 Å². The summed E-state index contributed by atoms with van der Waals surface area (Å²) in [5.74, 6) is -0.389. The number of ether oxygens (including phenoxy) is 1. The summed E-state index contributed by atoms with van der Waals surface area (Å²) in [6.07, 6.45) is 2.47. The number of carboxylic acid groups (broad SMARTS) is 1. The van der Waals surface area contributed by atoms with E-state index in [-0.39, 0.29) is 31.4 Å². The molecule has 1 fully saturated rings. The minimum Gasteiger partial charge on any atom is -0.480 e. The Balaban J connectivity index is 2.43. The molecule has 2 rings (SSSR count). The van der Waals surface area contributed by atoms with Gasteiger partial charge in [-0.3, -0.25) is 9.59 Å². The fourth-order valence-electron chi connectivity index (χ4n) is 3.48. The Morgan fingerprint density at radius 2 is 1.84 bits per heavy atom. The summed E-state index contributed by atoms with van der Waals surface area (Å²) in [5.41, 5.74) is 1.82. The molecule has 1 aromatic carbocycles. The van der Waals surface area contributed by atoms with Crippen molar-refractivity contribution in [2.45, 2.75) is 71.8 Å². The number of nitrogens with one attached hydrogen (secondary N) is 2. The largest absolute Gasteiger partial charge is 0.480 e. The van der Waals surface area contributed by atoms with Gasteiger partial charge in [0.1, 0.15) is 18.3 Å². The number of rotatable bonds is 13. The molecule has 8 nitrogen and oxygen atoms in total. The van der Waals surface area contributed by atoms with Crippen LogP contribution in [0.1, 0.15) is 76.8 Å². The van der Waals surface area contributed by atoms with Gasteiger partial charge in [0.15, 0.2) is 0 Å². The lowest BCUT2D eigenvalue weighted by atomic mass is 9.90. The number of para-hydroxylation sites is 1. The van der Waals surface area contributed by atoms with Crippen molar-refractivity contribution in [1.82, 2.24) is 10.2 Å². The first-order valence-electron chi connectivity index (χ1n) is 11.0. The maximum absolute atomic E-state index is 13.8. The summed E-state index contributed by atoms with van der Waals surface area (Å²) in [7, 11) is -3.97. The molecule has 174 valence electrons. The van der Waals surface area contributed by atoms with Crippen molar-refractivity contribution in [3.8, 4) is 5.75 Å². The van der Waals surface area contributed by atoms with Gasteiger partial charge in [0, 0.05) is 0 Å². The highest BCUT2D eigenvalue weighted by atomic mass is 31.2. The predicted octanol–water partition coefficient (Wildman–Crippen LogP) is 4.42. The van der Waals surface area contributed by atoms with Crippen molar-refractivity contribution in [3.63, 3.8) is 0 Å². The summed E-state index contributed by atoms with van der Waals surface area (Å²) in [6.45, 7) is 9.32. The second-order valence-electron chi connectivity index (χ2n) is 8.26. The van der Waals surface area contributed by atoms with Crippen molar-refractivity contribution in [2.75, 3.05) is 13.2 Å². The summed E-state index contributed by atoms with van der Waals surface area (Å²) >= 11 is 0. The molecule has 2 unspecified atom stereocenters. The Kier molecular flexibility index (Phi) is 9.10. The van der Waals surface area contributed by atoms with Crippen LogP contribution in [0, 0.1) is 5.92 Å². The van der Waals surface area contributed by atoms with Crippen molar-refractivity contribution < 1.29 is 28.5 Å². The lowest BCUT2D eigenvalue weighted by Crippen LogP contribution is -2.40. The minimum absolute atomic E-state index is 0.0984. The molecule has 0 spiro atoms. The zero-order valence-corrected chi connectivity index (χ0v) is 19.9. The molecular weight excluding hydrogens is 419 g/mol. The Hall–Kier alpha value is -1.89. The number of esters is 1. The van der Waals surface area contributed by atoms with Gasteiger partial charge in [-0.2, -0.15) is 0 Å². The van der Waals surface area contributed by atoms with Gasteiger partial charge in [0.25, 0.3) is 0 Å². The molecule has 0 heterocycles. The van der Waals surface area contributed by atoms with Crippen LogP contribution >= 0.6 is 7.67 Å². The zero-order valence-electron chi connectivity index (χ0n) is 19.0. The van der Waals surface area contributed by atoms with Gasteiger partial charge >= 0.3 is 19.6 Å². The monoisotopic (exact) mass is 454 g/mol. The van der Waals surface area contributed by atoms with Gasteiger partial charge in [-0.1, -0.05) is 45.9 Å². The lowest BCUT2D eigenvalue weighted by Gasteiger charge is -2.28. The Morgan fingerprint density at radius 1 is 1.19 bits per heavy atom. The molecule has 1 aromatic rings. The first-order valence-corrected chi connectivity index (χ1v) is 12.6. The van der Waals surface area contributed by atoms with Gasteiger partial charge in [-0.15, -0.1) is 0 Å². The maximum atomic E-state index is 13.8. The fraction of sp³-hybridized carbons (Fsp3) is 0.636. The average molecular weight is 455 g/mol. The Bertz CT molecular complexity index is 824. The van der Waals surface area contributed by atoms with Crippen LogP contribution < -0.4 is 14.7 Å². The van der Waals surface area contributed by atoms with Crippen molar-refractivity contribution in [2.24, 2.45) is 5.92 Å². The van der Waals surface area contributed by atoms with Crippen molar-refractivity contribution in [3.05, 3.63) is 29.3 Å². The summed E-state index contributed by atoms with van der Waals surface area (Å²) < 4.78 is 24.8. The van der Waals surface area contributed by atoms with E-state index < -0.39 is 25.7 Å². The van der Waals surface area contributed by atoms with Gasteiger partial charge in [0.2, 0.25) is 0 Å². The number of aliphatic carboxylic acids is 1. The maximum Gasteiger partial charge on any atom is 0.391 e. The molecule has 0 radical (unpaired) electrons. The van der Waals surface area contributed by atoms with E-state index in [9.17, 15) is 19.3 Å². The van der Waals surface area contributed by atoms with E-state index in [2.05, 4.69) is 17.1 Å². The van der Waals surface area contributed by atoms with Gasteiger partial charge in [0.05, 0.1) is 6.61 Å². The van der Waals surface area contributed by atoms with E-state index in [0.717, 1.165) is 24.0 Å². The number of hydrogen-bond acceptors (Lipinski definition) is 5. The van der Waals surface area contributed by atoms with Gasteiger partial charge in [-0.05, 0) is 55.1 Å². The second kappa shape index (κ2) is 11.1. The molecule has 3 atom stereocenters. The number of carbonyl (C=O) groups is 2. The highest BCUT2D eigenvalue weighted by Gasteiger charge is 2.36. The molecule has 0 aliphatic heterocycles. The van der Waals surface area contributed by atoms with E-state index in [0.29, 0.717) is 11.7 Å². The number of benzene rings is 1. The first-order chi connectivity index (χ1) is 14.6. The smallest absolute Gasteiger partial charge is 0.391 e. The third kappa shape index (κ3) is 7.06. The molecule has 1 saturated carbocycles. The second-order valence-corrected chi connectivity index (χ2v) is 10.1. The molecule has 9 heteroatoms. The fourth-order valence-corrected chi connectivity index (χ4v) is 5.20. The van der Waals surface area contributed by atoms with Crippen molar-refractivity contribution in [1.29, 1.82) is 0 Å². The Labute approximate surface area is 184 Å². The predicted molar refractivity (Wildman–Crippen MR) is 119 cm³/mol. The summed E-state index contributed by atoms with van der Waals surface area (Å²) in [4.78, 5) is 23.5. The molecule has 1 aliphatic carbocycles. The van der Waals surface area contributed by atoms with Gasteiger partial charge < -0.3 is 14.4 Å². The number of hydrogen-bond donors (Lipinski definition) is 3. The van der Waals surface area contributed by atoms with Crippen LogP contribution in [0.3, 0.4) is 0 Å². The third-order valence-corrected chi connectivity index (χ3v) is 7.17. The minimum atomic E-state index is -3.97. The van der Waals surface area contributed by atoms with E-state index in [1.165, 1.54) is 0 Å². The number of carbonyl (C=O) groups excluding carboxylic acids is 1. The quantitative estimate of drug-likeness (QED) is 0.297. The van der Waals surface area contributed by atoms with E-state index in [1.54, 1.807) is 13.8 Å². The molecule has 31 heavy (non-hydrogen) atoms. The summed E-state index contributed by atoms with van der Waals surface area (Å²) in [6, 6.07) is 4.75. The van der Waals surface area contributed by atoms with Crippen LogP contribution in [0.2, 0.25) is 0 Å². The van der Waals surface area contributed by atoms with Crippen LogP contribution in [0.25, 0.3) is 0 Å². The summed E-state index contributed by atoms with van der Waals surface area (Å²) in [5, 5.41) is 14.7. The molecule has 1 aliphatic rings. The normalized spacial score (nSPS) is 17.6. The molecule has 0 amide bonds. The lowest BCUT2D eigenvalue weighted by molar-refractivity contribution is -0.141. The highest BCUT2D eigenvalue weighted by Crippen LogP contribution is 2.50. The standard InChI is InChI=1S/C22H35N2O6P/c1-6-19(22(26)27)24-31(28,23-13-20(25)29-7-2)30-21-17(14(3)4)9-8-10-18(21)15(5)16-11-12-16/h8-10,14-16,19H,6-7,11-13H2,1-5H3,(H,26,27)(H2,23,24,28)/t15-,19?,31?/m1/s1. The SMILES string of the molecule is CCOC(=O)CNP(=O)(NC(CC)C(=O)O)Oc1c(C(C)C)cccc1[C@H](C)C1CC1. The average Bonchev–Trinajstić information content (AvgIpc) is 3.55. The molecule has 0 bridgehead atoms. The number of carboxylic acids is 1. The van der Waals surface area contributed by atoms with Crippen LogP contribution in [0.5, 0.6) is 5.75 Å².